The number of benzene rings is 1. The SMILES string of the molecule is CCC=CCC=CCC=CCC=CCC=CCCCCS[C@H](CC)C(=O)NCCNC(=O)c1ccccc1O. The summed E-state index contributed by atoms with van der Waals surface area (Å²) in [6, 6.07) is 6.40. The highest BCUT2D eigenvalue weighted by molar-refractivity contribution is 8.00. The van der Waals surface area contributed by atoms with Crippen molar-refractivity contribution in [2.24, 2.45) is 0 Å². The van der Waals surface area contributed by atoms with E-state index in [4.69, 9.17) is 0 Å². The molecule has 0 fully saturated rings. The minimum absolute atomic E-state index is 0.0112. The lowest BCUT2D eigenvalue weighted by Gasteiger charge is -2.15. The first-order valence-electron chi connectivity index (χ1n) is 14.3. The van der Waals surface area contributed by atoms with E-state index in [1.807, 2.05) is 6.92 Å². The Bertz CT molecular complexity index is 950. The molecule has 1 rings (SSSR count). The molecule has 0 aliphatic heterocycles. The van der Waals surface area contributed by atoms with Crippen LogP contribution in [-0.2, 0) is 4.79 Å². The molecule has 2 amide bonds. The molecule has 0 saturated heterocycles. The third-order valence-electron chi connectivity index (χ3n) is 5.76. The first kappa shape index (κ1) is 34.0. The van der Waals surface area contributed by atoms with Crippen molar-refractivity contribution in [2.45, 2.75) is 76.9 Å². The van der Waals surface area contributed by atoms with Crippen LogP contribution in [0.15, 0.2) is 85.0 Å². The highest BCUT2D eigenvalue weighted by Crippen LogP contribution is 2.17. The molecule has 6 heteroatoms. The van der Waals surface area contributed by atoms with E-state index in [1.54, 1.807) is 30.0 Å². The maximum Gasteiger partial charge on any atom is 0.255 e. The molecule has 0 radical (unpaired) electrons. The van der Waals surface area contributed by atoms with Gasteiger partial charge >= 0.3 is 0 Å². The highest BCUT2D eigenvalue weighted by Gasteiger charge is 2.16. The zero-order chi connectivity index (χ0) is 28.4. The first-order valence-corrected chi connectivity index (χ1v) is 15.3. The lowest BCUT2D eigenvalue weighted by Crippen LogP contribution is -2.38. The molecule has 0 unspecified atom stereocenters. The topological polar surface area (TPSA) is 78.4 Å². The Labute approximate surface area is 240 Å². The molecule has 0 saturated carbocycles. The van der Waals surface area contributed by atoms with Gasteiger partial charge in [0, 0.05) is 13.1 Å². The van der Waals surface area contributed by atoms with E-state index in [2.05, 4.69) is 78.3 Å². The minimum Gasteiger partial charge on any atom is -0.507 e. The first-order chi connectivity index (χ1) is 19.1. The van der Waals surface area contributed by atoms with Gasteiger partial charge in [-0.3, -0.25) is 9.59 Å². The summed E-state index contributed by atoms with van der Waals surface area (Å²) in [4.78, 5) is 24.6. The second-order valence-corrected chi connectivity index (χ2v) is 10.3. The largest absolute Gasteiger partial charge is 0.507 e. The average molecular weight is 553 g/mol. The fraction of sp³-hybridized carbons (Fsp3) is 0.455. The number of aromatic hydroxyl groups is 1. The van der Waals surface area contributed by atoms with Crippen LogP contribution in [0, 0.1) is 0 Å². The smallest absolute Gasteiger partial charge is 0.255 e. The lowest BCUT2D eigenvalue weighted by atomic mass is 10.2. The number of nitrogens with one attached hydrogen (secondary N) is 2. The summed E-state index contributed by atoms with van der Waals surface area (Å²) in [5, 5.41) is 15.3. The van der Waals surface area contributed by atoms with Crippen molar-refractivity contribution >= 4 is 23.6 Å². The molecule has 0 aliphatic carbocycles. The fourth-order valence-electron chi connectivity index (χ4n) is 3.57. The van der Waals surface area contributed by atoms with Crippen molar-refractivity contribution in [3.63, 3.8) is 0 Å². The van der Waals surface area contributed by atoms with Gasteiger partial charge in [0.15, 0.2) is 0 Å². The molecule has 39 heavy (non-hydrogen) atoms. The summed E-state index contributed by atoms with van der Waals surface area (Å²) in [5.41, 5.74) is 0.232. The summed E-state index contributed by atoms with van der Waals surface area (Å²) in [5.74, 6) is 0.567. The van der Waals surface area contributed by atoms with Crippen LogP contribution in [-0.4, -0.2) is 41.0 Å². The molecule has 5 nitrogen and oxygen atoms in total. The summed E-state index contributed by atoms with van der Waals surface area (Å²) >= 11 is 1.70. The van der Waals surface area contributed by atoms with Crippen molar-refractivity contribution < 1.29 is 14.7 Å². The predicted octanol–water partition coefficient (Wildman–Crippen LogP) is 7.67. The lowest BCUT2D eigenvalue weighted by molar-refractivity contribution is -0.120. The van der Waals surface area contributed by atoms with E-state index < -0.39 is 0 Å². The number of para-hydroxylation sites is 1. The maximum absolute atomic E-state index is 12.5. The van der Waals surface area contributed by atoms with Crippen molar-refractivity contribution in [1.82, 2.24) is 10.6 Å². The van der Waals surface area contributed by atoms with E-state index >= 15 is 0 Å². The molecule has 1 aromatic rings. The van der Waals surface area contributed by atoms with Crippen molar-refractivity contribution in [1.29, 1.82) is 0 Å². The maximum atomic E-state index is 12.5. The fourth-order valence-corrected chi connectivity index (χ4v) is 4.70. The zero-order valence-electron chi connectivity index (χ0n) is 23.8. The molecular weight excluding hydrogens is 504 g/mol. The molecule has 0 spiro atoms. The zero-order valence-corrected chi connectivity index (χ0v) is 24.6. The number of thioether (sulfide) groups is 1. The minimum atomic E-state index is -0.351. The third-order valence-corrected chi connectivity index (χ3v) is 7.24. The Morgan fingerprint density at radius 3 is 1.95 bits per heavy atom. The second-order valence-electron chi connectivity index (χ2n) is 9.04. The monoisotopic (exact) mass is 552 g/mol. The number of allylic oxidation sites excluding steroid dienone is 10. The van der Waals surface area contributed by atoms with Crippen LogP contribution in [0.5, 0.6) is 5.75 Å². The van der Waals surface area contributed by atoms with Gasteiger partial charge in [-0.05, 0) is 75.7 Å². The van der Waals surface area contributed by atoms with Gasteiger partial charge in [0.2, 0.25) is 5.91 Å². The van der Waals surface area contributed by atoms with E-state index in [1.165, 1.54) is 6.07 Å². The van der Waals surface area contributed by atoms with Crippen molar-refractivity contribution in [3.05, 3.63) is 90.6 Å². The van der Waals surface area contributed by atoms with Gasteiger partial charge in [0.1, 0.15) is 5.75 Å². The van der Waals surface area contributed by atoms with Gasteiger partial charge in [-0.15, -0.1) is 11.8 Å². The number of phenols is 1. The van der Waals surface area contributed by atoms with E-state index in [-0.39, 0.29) is 28.4 Å². The Morgan fingerprint density at radius 2 is 1.36 bits per heavy atom. The van der Waals surface area contributed by atoms with Crippen LogP contribution in [0.3, 0.4) is 0 Å². The Hall–Kier alpha value is -2.99. The number of rotatable bonds is 21. The van der Waals surface area contributed by atoms with Gasteiger partial charge in [0.25, 0.3) is 5.91 Å². The molecule has 214 valence electrons. The predicted molar refractivity (Wildman–Crippen MR) is 168 cm³/mol. The number of unbranched alkanes of at least 4 members (excludes halogenated alkanes) is 2. The average Bonchev–Trinajstić information content (AvgIpc) is 2.94. The number of hydrogen-bond donors (Lipinski definition) is 3. The van der Waals surface area contributed by atoms with Crippen LogP contribution in [0.1, 0.15) is 82.0 Å². The summed E-state index contributed by atoms with van der Waals surface area (Å²) in [7, 11) is 0. The van der Waals surface area contributed by atoms with Gasteiger partial charge in [-0.2, -0.15) is 0 Å². The quantitative estimate of drug-likeness (QED) is 0.108. The molecule has 1 atom stereocenters. The summed E-state index contributed by atoms with van der Waals surface area (Å²) in [6.07, 6.45) is 31.3. The summed E-state index contributed by atoms with van der Waals surface area (Å²) < 4.78 is 0. The number of amides is 2. The number of carbonyl (C=O) groups excluding carboxylic acids is 2. The van der Waals surface area contributed by atoms with Crippen LogP contribution < -0.4 is 10.6 Å². The van der Waals surface area contributed by atoms with E-state index in [9.17, 15) is 14.7 Å². The van der Waals surface area contributed by atoms with E-state index in [0.717, 1.165) is 63.5 Å². The summed E-state index contributed by atoms with van der Waals surface area (Å²) in [6.45, 7) is 4.85. The number of hydrogen-bond acceptors (Lipinski definition) is 4. The Balaban J connectivity index is 2.05. The Kier molecular flexibility index (Phi) is 21.0. The molecule has 0 aromatic heterocycles. The Morgan fingerprint density at radius 1 is 0.795 bits per heavy atom. The van der Waals surface area contributed by atoms with Gasteiger partial charge in [-0.25, -0.2) is 0 Å². The van der Waals surface area contributed by atoms with Crippen LogP contribution >= 0.6 is 11.8 Å². The molecule has 3 N–H and O–H groups in total. The van der Waals surface area contributed by atoms with Crippen molar-refractivity contribution in [2.75, 3.05) is 18.8 Å². The molecule has 1 aromatic carbocycles. The second kappa shape index (κ2) is 24.1. The standard InChI is InChI=1S/C33H48N2O3S/c1-3-5-6-7-8-9-10-11-12-13-14-15-16-17-18-19-20-23-28-39-31(4-2)33(38)35-27-26-34-32(37)29-24-21-22-25-30(29)36/h5-6,8-9,11-12,14-15,17-18,21-22,24-25,31,36H,3-4,7,10,13,16,19-20,23,26-28H2,1-2H3,(H,34,37)(H,35,38)/t31-/m1/s1. The van der Waals surface area contributed by atoms with Gasteiger partial charge in [-0.1, -0.05) is 86.7 Å². The van der Waals surface area contributed by atoms with Gasteiger partial charge in [0.05, 0.1) is 10.8 Å². The number of phenolic OH excluding ortho intramolecular Hbond substituents is 1. The molecule has 0 heterocycles. The molecule has 0 aliphatic rings. The van der Waals surface area contributed by atoms with Crippen LogP contribution in [0.2, 0.25) is 0 Å². The van der Waals surface area contributed by atoms with Gasteiger partial charge < -0.3 is 15.7 Å². The van der Waals surface area contributed by atoms with E-state index in [0.29, 0.717) is 13.1 Å². The van der Waals surface area contributed by atoms with Crippen LogP contribution in [0.4, 0.5) is 0 Å². The van der Waals surface area contributed by atoms with Crippen molar-refractivity contribution in [3.8, 4) is 5.75 Å². The normalized spacial score (nSPS) is 12.9. The molecular formula is C33H48N2O3S. The van der Waals surface area contributed by atoms with Crippen LogP contribution in [0.25, 0.3) is 0 Å². The highest BCUT2D eigenvalue weighted by atomic mass is 32.2. The molecule has 0 bridgehead atoms. The third kappa shape index (κ3) is 18.0. The number of carbonyl (C=O) groups is 2.